The van der Waals surface area contributed by atoms with Gasteiger partial charge in [0.15, 0.2) is 0 Å². The topological polar surface area (TPSA) is 9.23 Å². The summed E-state index contributed by atoms with van der Waals surface area (Å²) in [6, 6.07) is 0. The van der Waals surface area contributed by atoms with Crippen molar-refractivity contribution < 1.29 is 4.74 Å². The zero-order valence-electron chi connectivity index (χ0n) is 3.35. The summed E-state index contributed by atoms with van der Waals surface area (Å²) >= 11 is 3.74. The third-order valence-electron chi connectivity index (χ3n) is 0.277. The molecule has 34 valence electrons. The highest BCUT2D eigenvalue weighted by Gasteiger charge is 1.68. The Hall–Kier alpha value is -0.130. The van der Waals surface area contributed by atoms with E-state index in [0.717, 1.165) is 0 Å². The van der Waals surface area contributed by atoms with E-state index in [2.05, 4.69) is 23.3 Å². The van der Waals surface area contributed by atoms with E-state index in [1.165, 1.54) is 0 Å². The largest absolute Gasteiger partial charge is 0.358 e. The zero-order valence-corrected chi connectivity index (χ0v) is 4.24. The summed E-state index contributed by atoms with van der Waals surface area (Å²) < 4.78 is 4.61. The molecule has 6 heavy (non-hydrogen) atoms. The molecule has 0 aromatic rings. The number of hydrogen-bond donors (Lipinski definition) is 1. The van der Waals surface area contributed by atoms with Crippen molar-refractivity contribution in [2.45, 2.75) is 0 Å². The van der Waals surface area contributed by atoms with Crippen LogP contribution in [0.1, 0.15) is 0 Å². The van der Waals surface area contributed by atoms with Crippen molar-refractivity contribution in [3.8, 4) is 12.3 Å². The van der Waals surface area contributed by atoms with Crippen molar-refractivity contribution in [2.75, 3.05) is 12.5 Å². The second kappa shape index (κ2) is 4.87. The molecular weight excluding hydrogens is 96.1 g/mol. The second-order valence-corrected chi connectivity index (χ2v) is 0.940. The van der Waals surface area contributed by atoms with Crippen molar-refractivity contribution >= 4 is 12.6 Å². The van der Waals surface area contributed by atoms with Crippen molar-refractivity contribution in [2.24, 2.45) is 0 Å². The number of hydrogen-bond acceptors (Lipinski definition) is 2. The standard InChI is InChI=1S/C4H6OS/c1-2-3-5-4-6/h1,6H,3-4H2. The van der Waals surface area contributed by atoms with Gasteiger partial charge in [-0.05, 0) is 0 Å². The van der Waals surface area contributed by atoms with E-state index in [1.54, 1.807) is 0 Å². The zero-order chi connectivity index (χ0) is 4.83. The van der Waals surface area contributed by atoms with Gasteiger partial charge in [-0.15, -0.1) is 6.42 Å². The molecule has 0 saturated carbocycles. The summed E-state index contributed by atoms with van der Waals surface area (Å²) in [6.45, 7) is 0.365. The monoisotopic (exact) mass is 102 g/mol. The molecule has 2 heteroatoms. The molecule has 0 unspecified atom stereocenters. The highest BCUT2D eigenvalue weighted by molar-refractivity contribution is 7.80. The lowest BCUT2D eigenvalue weighted by molar-refractivity contribution is 0.223. The molecule has 0 fully saturated rings. The molecule has 0 rings (SSSR count). The Morgan fingerprint density at radius 1 is 1.83 bits per heavy atom. The van der Waals surface area contributed by atoms with Gasteiger partial charge in [0.2, 0.25) is 0 Å². The molecule has 0 radical (unpaired) electrons. The molecule has 0 atom stereocenters. The highest BCUT2D eigenvalue weighted by Crippen LogP contribution is 1.73. The Labute approximate surface area is 43.1 Å². The van der Waals surface area contributed by atoms with Gasteiger partial charge in [-0.3, -0.25) is 0 Å². The minimum Gasteiger partial charge on any atom is -0.358 e. The average molecular weight is 102 g/mol. The number of thiol groups is 1. The van der Waals surface area contributed by atoms with Crippen molar-refractivity contribution in [3.63, 3.8) is 0 Å². The fourth-order valence-corrected chi connectivity index (χ4v) is 0.196. The minimum atomic E-state index is 0.365. The van der Waals surface area contributed by atoms with Crippen LogP contribution in [0.5, 0.6) is 0 Å². The fourth-order valence-electron chi connectivity index (χ4n) is 0.105. The van der Waals surface area contributed by atoms with Crippen LogP contribution in [0.25, 0.3) is 0 Å². The lowest BCUT2D eigenvalue weighted by Crippen LogP contribution is -1.84. The van der Waals surface area contributed by atoms with Gasteiger partial charge in [0.25, 0.3) is 0 Å². The predicted octanol–water partition coefficient (Wildman–Crippen LogP) is 0.524. The van der Waals surface area contributed by atoms with Crippen LogP contribution in [0, 0.1) is 12.3 Å². The third-order valence-corrected chi connectivity index (χ3v) is 0.459. The van der Waals surface area contributed by atoms with Gasteiger partial charge in [0, 0.05) is 0 Å². The Bertz CT molecular complexity index is 55.1. The van der Waals surface area contributed by atoms with Crippen LogP contribution in [-0.4, -0.2) is 12.5 Å². The number of ether oxygens (including phenoxy) is 1. The van der Waals surface area contributed by atoms with Crippen LogP contribution in [0.3, 0.4) is 0 Å². The molecule has 0 aliphatic heterocycles. The summed E-state index contributed by atoms with van der Waals surface area (Å²) in [6.07, 6.45) is 4.81. The van der Waals surface area contributed by atoms with Crippen molar-refractivity contribution in [1.82, 2.24) is 0 Å². The van der Waals surface area contributed by atoms with E-state index in [1.807, 2.05) is 0 Å². The van der Waals surface area contributed by atoms with Gasteiger partial charge in [0.1, 0.15) is 6.61 Å². The van der Waals surface area contributed by atoms with E-state index >= 15 is 0 Å². The van der Waals surface area contributed by atoms with Crippen molar-refractivity contribution in [3.05, 3.63) is 0 Å². The molecule has 1 nitrogen and oxygen atoms in total. The normalized spacial score (nSPS) is 7.33. The van der Waals surface area contributed by atoms with Crippen LogP contribution in [0.15, 0.2) is 0 Å². The minimum absolute atomic E-state index is 0.365. The lowest BCUT2D eigenvalue weighted by Gasteiger charge is -1.85. The number of rotatable bonds is 2. The van der Waals surface area contributed by atoms with E-state index in [4.69, 9.17) is 6.42 Å². The lowest BCUT2D eigenvalue weighted by atomic mass is 10.8. The molecule has 0 N–H and O–H groups in total. The Balaban J connectivity index is 2.54. The first-order valence-electron chi connectivity index (χ1n) is 1.54. The summed E-state index contributed by atoms with van der Waals surface area (Å²) in [5, 5.41) is 0. The molecule has 0 aromatic heterocycles. The van der Waals surface area contributed by atoms with Crippen LogP contribution >= 0.6 is 12.6 Å². The van der Waals surface area contributed by atoms with E-state index in [9.17, 15) is 0 Å². The molecule has 0 aromatic carbocycles. The third kappa shape index (κ3) is 3.87. The van der Waals surface area contributed by atoms with Gasteiger partial charge in [-0.1, -0.05) is 5.92 Å². The maximum Gasteiger partial charge on any atom is 0.108 e. The van der Waals surface area contributed by atoms with Gasteiger partial charge < -0.3 is 4.74 Å². The van der Waals surface area contributed by atoms with Crippen LogP contribution in [0.2, 0.25) is 0 Å². The first-order chi connectivity index (χ1) is 2.91. The van der Waals surface area contributed by atoms with Crippen LogP contribution in [0.4, 0.5) is 0 Å². The number of terminal acetylenes is 1. The first kappa shape index (κ1) is 5.87. The molecule has 0 aliphatic rings. The molecule has 0 amide bonds. The molecule has 0 heterocycles. The Morgan fingerprint density at radius 3 is 2.67 bits per heavy atom. The Kier molecular flexibility index (Phi) is 4.76. The summed E-state index contributed by atoms with van der Waals surface area (Å²) in [5.41, 5.74) is 0. The molecular formula is C4H6OS. The fraction of sp³-hybridized carbons (Fsp3) is 0.500. The quantitative estimate of drug-likeness (QED) is 0.231. The van der Waals surface area contributed by atoms with E-state index in [0.29, 0.717) is 12.5 Å². The first-order valence-corrected chi connectivity index (χ1v) is 2.17. The second-order valence-electron chi connectivity index (χ2n) is 0.682. The van der Waals surface area contributed by atoms with Crippen molar-refractivity contribution in [1.29, 1.82) is 0 Å². The SMILES string of the molecule is C#CCOCS. The van der Waals surface area contributed by atoms with Gasteiger partial charge >= 0.3 is 0 Å². The highest BCUT2D eigenvalue weighted by atomic mass is 32.1. The predicted molar refractivity (Wildman–Crippen MR) is 28.6 cm³/mol. The molecule has 0 saturated heterocycles. The summed E-state index contributed by atoms with van der Waals surface area (Å²) in [7, 11) is 0. The maximum atomic E-state index is 4.81. The van der Waals surface area contributed by atoms with E-state index in [-0.39, 0.29) is 0 Å². The molecule has 0 spiro atoms. The summed E-state index contributed by atoms with van der Waals surface area (Å²) in [5.74, 6) is 2.70. The Morgan fingerprint density at radius 2 is 2.50 bits per heavy atom. The average Bonchev–Trinajstić information content (AvgIpc) is 1.61. The van der Waals surface area contributed by atoms with Crippen LogP contribution < -0.4 is 0 Å². The van der Waals surface area contributed by atoms with Gasteiger partial charge in [-0.25, -0.2) is 0 Å². The molecule has 0 aliphatic carbocycles. The summed E-state index contributed by atoms with van der Waals surface area (Å²) in [4.78, 5) is 0. The van der Waals surface area contributed by atoms with E-state index < -0.39 is 0 Å². The molecule has 0 bridgehead atoms. The van der Waals surface area contributed by atoms with Gasteiger partial charge in [0.05, 0.1) is 5.94 Å². The maximum absolute atomic E-state index is 4.81. The van der Waals surface area contributed by atoms with Crippen LogP contribution in [-0.2, 0) is 4.74 Å². The van der Waals surface area contributed by atoms with Gasteiger partial charge in [-0.2, -0.15) is 12.6 Å². The smallest absolute Gasteiger partial charge is 0.108 e.